The average Bonchev–Trinajstić information content (AvgIpc) is 2.66. The number of methoxy groups -OCH3 is 3. The van der Waals surface area contributed by atoms with E-state index >= 15 is 0 Å². The van der Waals surface area contributed by atoms with Gasteiger partial charge in [0.25, 0.3) is 0 Å². The van der Waals surface area contributed by atoms with Gasteiger partial charge in [-0.3, -0.25) is 4.79 Å². The summed E-state index contributed by atoms with van der Waals surface area (Å²) < 4.78 is 44.6. The summed E-state index contributed by atoms with van der Waals surface area (Å²) in [6.07, 6.45) is 2.81. The van der Waals surface area contributed by atoms with Gasteiger partial charge < -0.3 is 18.9 Å². The van der Waals surface area contributed by atoms with Gasteiger partial charge in [-0.25, -0.2) is 0 Å². The fourth-order valence-electron chi connectivity index (χ4n) is 2.30. The van der Waals surface area contributed by atoms with Crippen LogP contribution >= 0.6 is 11.6 Å². The molecule has 0 aliphatic carbocycles. The fourth-order valence-corrected chi connectivity index (χ4v) is 2.56. The predicted molar refractivity (Wildman–Crippen MR) is 97.5 cm³/mol. The van der Waals surface area contributed by atoms with E-state index in [-0.39, 0.29) is 22.3 Å². The Bertz CT molecular complexity index is 852. The van der Waals surface area contributed by atoms with Crippen LogP contribution in [0.5, 0.6) is 23.0 Å². The number of ether oxygens (including phenoxy) is 4. The van der Waals surface area contributed by atoms with Crippen LogP contribution in [0.3, 0.4) is 0 Å². The zero-order valence-corrected chi connectivity index (χ0v) is 15.5. The number of ketones is 1. The van der Waals surface area contributed by atoms with Crippen molar-refractivity contribution in [2.24, 2.45) is 0 Å². The third-order valence-electron chi connectivity index (χ3n) is 3.55. The highest BCUT2D eigenvalue weighted by atomic mass is 35.5. The quantitative estimate of drug-likeness (QED) is 0.469. The van der Waals surface area contributed by atoms with Crippen molar-refractivity contribution in [1.82, 2.24) is 0 Å². The van der Waals surface area contributed by atoms with Crippen LogP contribution in [0.4, 0.5) is 8.78 Å². The maximum Gasteiger partial charge on any atom is 0.387 e. The van der Waals surface area contributed by atoms with Gasteiger partial charge in [0.15, 0.2) is 28.8 Å². The van der Waals surface area contributed by atoms with Gasteiger partial charge in [0.2, 0.25) is 0 Å². The summed E-state index contributed by atoms with van der Waals surface area (Å²) >= 11 is 5.98. The minimum Gasteiger partial charge on any atom is -0.493 e. The van der Waals surface area contributed by atoms with Crippen molar-refractivity contribution in [3.8, 4) is 23.0 Å². The monoisotopic (exact) mass is 398 g/mol. The minimum atomic E-state index is -3.04. The lowest BCUT2D eigenvalue weighted by atomic mass is 10.1. The summed E-state index contributed by atoms with van der Waals surface area (Å²) in [7, 11) is 4.27. The van der Waals surface area contributed by atoms with Gasteiger partial charge in [0.1, 0.15) is 0 Å². The van der Waals surface area contributed by atoms with Crippen LogP contribution in [-0.2, 0) is 0 Å². The number of hydrogen-bond acceptors (Lipinski definition) is 5. The summed E-state index contributed by atoms with van der Waals surface area (Å²) in [5.41, 5.74) is 0.868. The predicted octanol–water partition coefficient (Wildman–Crippen LogP) is 4.86. The lowest BCUT2D eigenvalue weighted by Crippen LogP contribution is -2.04. The van der Waals surface area contributed by atoms with Crippen LogP contribution in [0, 0.1) is 0 Å². The van der Waals surface area contributed by atoms with Crippen molar-refractivity contribution < 1.29 is 32.5 Å². The summed E-state index contributed by atoms with van der Waals surface area (Å²) in [6.45, 7) is -3.04. The molecule has 2 aromatic carbocycles. The molecule has 0 aliphatic rings. The lowest BCUT2D eigenvalue weighted by Gasteiger charge is -2.12. The summed E-state index contributed by atoms with van der Waals surface area (Å²) in [5.74, 6) is 0.400. The molecular weight excluding hydrogens is 382 g/mol. The number of alkyl halides is 2. The van der Waals surface area contributed by atoms with Crippen molar-refractivity contribution in [2.75, 3.05) is 21.3 Å². The molecule has 0 saturated carbocycles. The average molecular weight is 399 g/mol. The number of hydrogen-bond donors (Lipinski definition) is 0. The Labute approximate surface area is 160 Å². The van der Waals surface area contributed by atoms with Crippen LogP contribution in [0.25, 0.3) is 6.08 Å². The molecule has 0 saturated heterocycles. The first-order chi connectivity index (χ1) is 12.9. The molecule has 27 heavy (non-hydrogen) atoms. The Hall–Kier alpha value is -2.80. The van der Waals surface area contributed by atoms with Gasteiger partial charge >= 0.3 is 6.61 Å². The number of benzene rings is 2. The van der Waals surface area contributed by atoms with E-state index in [1.54, 1.807) is 18.2 Å². The highest BCUT2D eigenvalue weighted by molar-refractivity contribution is 6.32. The number of rotatable bonds is 8. The fraction of sp³-hybridized carbons (Fsp3) is 0.211. The van der Waals surface area contributed by atoms with Crippen LogP contribution < -0.4 is 18.9 Å². The summed E-state index contributed by atoms with van der Waals surface area (Å²) in [6, 6.07) is 7.60. The number of allylic oxidation sites excluding steroid dienone is 1. The van der Waals surface area contributed by atoms with Gasteiger partial charge in [-0.1, -0.05) is 17.7 Å². The van der Waals surface area contributed by atoms with Crippen LogP contribution in [-0.4, -0.2) is 33.7 Å². The Morgan fingerprint density at radius 3 is 2.26 bits per heavy atom. The zero-order chi connectivity index (χ0) is 20.0. The Morgan fingerprint density at radius 2 is 1.67 bits per heavy atom. The molecule has 0 aliphatic heterocycles. The molecule has 5 nitrogen and oxygen atoms in total. The van der Waals surface area contributed by atoms with E-state index in [1.165, 1.54) is 45.6 Å². The molecule has 0 spiro atoms. The van der Waals surface area contributed by atoms with Crippen molar-refractivity contribution in [3.63, 3.8) is 0 Å². The Kier molecular flexibility index (Phi) is 7.01. The second-order valence-corrected chi connectivity index (χ2v) is 5.59. The molecule has 2 rings (SSSR count). The van der Waals surface area contributed by atoms with E-state index in [9.17, 15) is 13.6 Å². The maximum atomic E-state index is 12.5. The molecule has 0 N–H and O–H groups in total. The van der Waals surface area contributed by atoms with Crippen molar-refractivity contribution >= 4 is 23.5 Å². The van der Waals surface area contributed by atoms with Crippen LogP contribution in [0.15, 0.2) is 36.4 Å². The van der Waals surface area contributed by atoms with Crippen molar-refractivity contribution in [3.05, 3.63) is 52.6 Å². The Balaban J connectivity index is 2.27. The first kappa shape index (κ1) is 20.5. The molecule has 0 atom stereocenters. The lowest BCUT2D eigenvalue weighted by molar-refractivity contribution is -0.0511. The molecule has 8 heteroatoms. The second kappa shape index (κ2) is 9.23. The Morgan fingerprint density at radius 1 is 1.00 bits per heavy atom. The van der Waals surface area contributed by atoms with E-state index in [0.29, 0.717) is 22.6 Å². The van der Waals surface area contributed by atoms with E-state index in [0.717, 1.165) is 0 Å². The largest absolute Gasteiger partial charge is 0.493 e. The van der Waals surface area contributed by atoms with Gasteiger partial charge in [0.05, 0.1) is 26.4 Å². The van der Waals surface area contributed by atoms with Crippen LogP contribution in [0.1, 0.15) is 15.9 Å². The highest BCUT2D eigenvalue weighted by Gasteiger charge is 2.16. The van der Waals surface area contributed by atoms with E-state index in [2.05, 4.69) is 4.74 Å². The molecular formula is C19H17ClF2O5. The number of halogens is 3. The minimum absolute atomic E-state index is 0.0287. The topological polar surface area (TPSA) is 54.0 Å². The van der Waals surface area contributed by atoms with Crippen molar-refractivity contribution in [2.45, 2.75) is 6.61 Å². The van der Waals surface area contributed by atoms with Gasteiger partial charge in [-0.2, -0.15) is 8.78 Å². The molecule has 2 aromatic rings. The SMILES string of the molecule is COc1ccc(C(=O)C=Cc2cc(Cl)c(OC(F)F)c(OC)c2)cc1OC. The molecule has 0 bridgehead atoms. The normalized spacial score (nSPS) is 10.9. The van der Waals surface area contributed by atoms with Gasteiger partial charge in [-0.05, 0) is 42.0 Å². The third-order valence-corrected chi connectivity index (χ3v) is 3.83. The van der Waals surface area contributed by atoms with Crippen molar-refractivity contribution in [1.29, 1.82) is 0 Å². The second-order valence-electron chi connectivity index (χ2n) is 5.18. The first-order valence-corrected chi connectivity index (χ1v) is 8.04. The zero-order valence-electron chi connectivity index (χ0n) is 14.8. The van der Waals surface area contributed by atoms with E-state index < -0.39 is 6.61 Å². The molecule has 0 heterocycles. The summed E-state index contributed by atoms with van der Waals surface area (Å²) in [5, 5.41) is -0.0622. The highest BCUT2D eigenvalue weighted by Crippen LogP contribution is 2.37. The smallest absolute Gasteiger partial charge is 0.387 e. The first-order valence-electron chi connectivity index (χ1n) is 7.66. The molecule has 144 valence electrons. The number of carbonyl (C=O) groups is 1. The summed E-state index contributed by atoms with van der Waals surface area (Å²) in [4.78, 5) is 12.4. The molecule has 0 unspecified atom stereocenters. The van der Waals surface area contributed by atoms with Gasteiger partial charge in [0, 0.05) is 5.56 Å². The van der Waals surface area contributed by atoms with Gasteiger partial charge in [-0.15, -0.1) is 0 Å². The molecule has 0 amide bonds. The maximum absolute atomic E-state index is 12.5. The standard InChI is InChI=1S/C19H17ClF2O5/c1-24-15-7-5-12(10-16(15)25-2)14(23)6-4-11-8-13(20)18(27-19(21)22)17(9-11)26-3/h4-10,19H,1-3H3. The third kappa shape index (κ3) is 5.10. The molecule has 0 radical (unpaired) electrons. The molecule has 0 fully saturated rings. The molecule has 0 aromatic heterocycles. The van der Waals surface area contributed by atoms with E-state index in [1.807, 2.05) is 0 Å². The number of carbonyl (C=O) groups excluding carboxylic acids is 1. The van der Waals surface area contributed by atoms with Crippen LogP contribution in [0.2, 0.25) is 5.02 Å². The van der Waals surface area contributed by atoms with E-state index in [4.69, 9.17) is 25.8 Å².